The Morgan fingerprint density at radius 3 is 2.69 bits per heavy atom. The number of methoxy groups -OCH3 is 1. The summed E-state index contributed by atoms with van der Waals surface area (Å²) < 4.78 is 16.2. The standard InChI is InChI=1S/C27H29NO7S/c1-5-36-11-10-34-27(32)21-15(3)28-18-12-14(2)20(26(31)33-4)25(30)23(18)22(21)17-13-35-19-9-7-6-8-16(19)24(17)29/h6-9,13-14,20,22,28H,5,10-12H2,1-4H3/t14-,20+,22-/m1/s1. The van der Waals surface area contributed by atoms with Crippen molar-refractivity contribution in [3.05, 3.63) is 68.9 Å². The minimum Gasteiger partial charge on any atom is -0.468 e. The lowest BCUT2D eigenvalue weighted by molar-refractivity contribution is -0.151. The molecule has 1 aromatic carbocycles. The number of fused-ring (bicyclic) bond motifs is 1. The summed E-state index contributed by atoms with van der Waals surface area (Å²) in [5.41, 5.74) is 1.62. The first kappa shape index (κ1) is 25.8. The van der Waals surface area contributed by atoms with Gasteiger partial charge in [-0.05, 0) is 37.1 Å². The molecule has 1 aliphatic carbocycles. The minimum absolute atomic E-state index is 0.142. The lowest BCUT2D eigenvalue weighted by atomic mass is 9.69. The van der Waals surface area contributed by atoms with Crippen molar-refractivity contribution in [3.63, 3.8) is 0 Å². The molecule has 0 bridgehead atoms. The fourth-order valence-electron chi connectivity index (χ4n) is 4.97. The van der Waals surface area contributed by atoms with E-state index in [4.69, 9.17) is 13.9 Å². The average Bonchev–Trinajstić information content (AvgIpc) is 2.86. The molecule has 1 aromatic heterocycles. The normalized spacial score (nSPS) is 21.8. The highest BCUT2D eigenvalue weighted by molar-refractivity contribution is 7.99. The molecule has 1 aliphatic heterocycles. The molecule has 9 heteroatoms. The smallest absolute Gasteiger partial charge is 0.336 e. The second-order valence-electron chi connectivity index (χ2n) is 8.88. The summed E-state index contributed by atoms with van der Waals surface area (Å²) in [6.45, 7) is 5.73. The summed E-state index contributed by atoms with van der Waals surface area (Å²) in [7, 11) is 1.24. The van der Waals surface area contributed by atoms with Crippen LogP contribution in [0.2, 0.25) is 0 Å². The SMILES string of the molecule is CCSCCOC(=O)C1=C(C)NC2=C(C(=O)[C@@H](C(=O)OC)[C@H](C)C2)[C@@H]1c1coc2ccccc2c1=O. The average molecular weight is 512 g/mol. The summed E-state index contributed by atoms with van der Waals surface area (Å²) in [5, 5.41) is 3.53. The second kappa shape index (κ2) is 10.7. The van der Waals surface area contributed by atoms with Gasteiger partial charge in [0.2, 0.25) is 0 Å². The van der Waals surface area contributed by atoms with Gasteiger partial charge in [-0.2, -0.15) is 11.8 Å². The zero-order valence-corrected chi connectivity index (χ0v) is 21.5. The van der Waals surface area contributed by atoms with Crippen molar-refractivity contribution in [2.75, 3.05) is 25.2 Å². The number of thioether (sulfide) groups is 1. The third-order valence-electron chi connectivity index (χ3n) is 6.65. The van der Waals surface area contributed by atoms with Crippen LogP contribution in [0.1, 0.15) is 38.7 Å². The van der Waals surface area contributed by atoms with Crippen LogP contribution in [0.25, 0.3) is 11.0 Å². The van der Waals surface area contributed by atoms with Crippen LogP contribution in [0, 0.1) is 11.8 Å². The molecule has 0 saturated carbocycles. The molecule has 2 heterocycles. The Morgan fingerprint density at radius 1 is 1.22 bits per heavy atom. The minimum atomic E-state index is -1.04. The van der Waals surface area contributed by atoms with Gasteiger partial charge in [-0.1, -0.05) is 26.0 Å². The van der Waals surface area contributed by atoms with Crippen molar-refractivity contribution in [2.24, 2.45) is 11.8 Å². The Balaban J connectivity index is 1.88. The van der Waals surface area contributed by atoms with Crippen molar-refractivity contribution >= 4 is 40.5 Å². The zero-order valence-electron chi connectivity index (χ0n) is 20.7. The molecule has 36 heavy (non-hydrogen) atoms. The predicted octanol–water partition coefficient (Wildman–Crippen LogP) is 3.70. The van der Waals surface area contributed by atoms with Crippen molar-refractivity contribution in [3.8, 4) is 0 Å². The van der Waals surface area contributed by atoms with E-state index in [1.165, 1.54) is 13.4 Å². The fourth-order valence-corrected chi connectivity index (χ4v) is 5.46. The molecule has 0 fully saturated rings. The van der Waals surface area contributed by atoms with E-state index in [1.807, 2.05) is 6.92 Å². The Morgan fingerprint density at radius 2 is 1.97 bits per heavy atom. The Labute approximate surface area is 213 Å². The van der Waals surface area contributed by atoms with Gasteiger partial charge in [0, 0.05) is 28.3 Å². The third kappa shape index (κ3) is 4.59. The first-order valence-corrected chi connectivity index (χ1v) is 13.0. The zero-order chi connectivity index (χ0) is 26.0. The number of para-hydroxylation sites is 1. The quantitative estimate of drug-likeness (QED) is 0.338. The molecule has 1 N–H and O–H groups in total. The van der Waals surface area contributed by atoms with Crippen LogP contribution >= 0.6 is 11.8 Å². The molecule has 190 valence electrons. The molecule has 8 nitrogen and oxygen atoms in total. The Kier molecular flexibility index (Phi) is 7.68. The van der Waals surface area contributed by atoms with Gasteiger partial charge in [0.25, 0.3) is 0 Å². The molecule has 0 unspecified atom stereocenters. The molecule has 0 spiro atoms. The number of allylic oxidation sites excluding steroid dienone is 3. The van der Waals surface area contributed by atoms with Crippen molar-refractivity contribution in [1.29, 1.82) is 0 Å². The molecule has 0 saturated heterocycles. The van der Waals surface area contributed by atoms with Crippen LogP contribution in [0.4, 0.5) is 0 Å². The van der Waals surface area contributed by atoms with Gasteiger partial charge in [0.15, 0.2) is 11.2 Å². The van der Waals surface area contributed by atoms with Crippen LogP contribution in [0.5, 0.6) is 0 Å². The topological polar surface area (TPSA) is 112 Å². The molecule has 4 rings (SSSR count). The summed E-state index contributed by atoms with van der Waals surface area (Å²) in [6, 6.07) is 6.79. The predicted molar refractivity (Wildman–Crippen MR) is 136 cm³/mol. The highest BCUT2D eigenvalue weighted by Crippen LogP contribution is 2.45. The van der Waals surface area contributed by atoms with E-state index in [9.17, 15) is 19.2 Å². The summed E-state index contributed by atoms with van der Waals surface area (Å²) in [5.74, 6) is -2.63. The number of hydrogen-bond donors (Lipinski definition) is 1. The molecule has 0 amide bonds. The highest BCUT2D eigenvalue weighted by Gasteiger charge is 2.48. The Bertz CT molecular complexity index is 1340. The number of benzene rings is 1. The number of dihydropyridines is 1. The maximum Gasteiger partial charge on any atom is 0.336 e. The highest BCUT2D eigenvalue weighted by atomic mass is 32.2. The third-order valence-corrected chi connectivity index (χ3v) is 7.51. The number of esters is 2. The Hall–Kier alpha value is -3.33. The van der Waals surface area contributed by atoms with E-state index in [0.29, 0.717) is 34.5 Å². The molecular weight excluding hydrogens is 482 g/mol. The monoisotopic (exact) mass is 511 g/mol. The molecule has 3 atom stereocenters. The van der Waals surface area contributed by atoms with Crippen LogP contribution in [-0.2, 0) is 23.9 Å². The van der Waals surface area contributed by atoms with Gasteiger partial charge in [-0.25, -0.2) is 4.79 Å². The first-order valence-electron chi connectivity index (χ1n) is 11.9. The van der Waals surface area contributed by atoms with E-state index in [1.54, 1.807) is 49.9 Å². The van der Waals surface area contributed by atoms with Gasteiger partial charge >= 0.3 is 11.9 Å². The number of carbonyl (C=O) groups is 3. The number of carbonyl (C=O) groups excluding carboxylic acids is 3. The first-order chi connectivity index (χ1) is 17.3. The molecule has 2 aromatic rings. The second-order valence-corrected chi connectivity index (χ2v) is 10.3. The van der Waals surface area contributed by atoms with Gasteiger partial charge in [0.05, 0.1) is 30.3 Å². The fraction of sp³-hybridized carbons (Fsp3) is 0.407. The largest absolute Gasteiger partial charge is 0.468 e. The van der Waals surface area contributed by atoms with Gasteiger partial charge in [0.1, 0.15) is 18.1 Å². The van der Waals surface area contributed by atoms with Gasteiger partial charge < -0.3 is 19.2 Å². The van der Waals surface area contributed by atoms with Crippen molar-refractivity contribution < 1.29 is 28.3 Å². The van der Waals surface area contributed by atoms with Crippen LogP contribution in [0.3, 0.4) is 0 Å². The van der Waals surface area contributed by atoms with Gasteiger partial charge in [-0.15, -0.1) is 0 Å². The summed E-state index contributed by atoms with van der Waals surface area (Å²) in [4.78, 5) is 53.3. The number of ketones is 1. The van der Waals surface area contributed by atoms with E-state index in [0.717, 1.165) is 5.75 Å². The van der Waals surface area contributed by atoms with E-state index in [2.05, 4.69) is 5.32 Å². The van der Waals surface area contributed by atoms with Crippen molar-refractivity contribution in [1.82, 2.24) is 5.32 Å². The lowest BCUT2D eigenvalue weighted by Crippen LogP contribution is -2.44. The van der Waals surface area contributed by atoms with Crippen LogP contribution < -0.4 is 10.7 Å². The summed E-state index contributed by atoms with van der Waals surface area (Å²) in [6.07, 6.45) is 1.68. The maximum atomic E-state index is 13.8. The van der Waals surface area contributed by atoms with Crippen LogP contribution in [-0.4, -0.2) is 42.9 Å². The van der Waals surface area contributed by atoms with E-state index < -0.39 is 29.6 Å². The lowest BCUT2D eigenvalue weighted by Gasteiger charge is -2.37. The molecule has 2 aliphatic rings. The molecular formula is C27H29NO7S. The van der Waals surface area contributed by atoms with E-state index >= 15 is 0 Å². The van der Waals surface area contributed by atoms with Crippen molar-refractivity contribution in [2.45, 2.75) is 33.1 Å². The number of ether oxygens (including phenoxy) is 2. The summed E-state index contributed by atoms with van der Waals surface area (Å²) >= 11 is 1.63. The van der Waals surface area contributed by atoms with E-state index in [-0.39, 0.29) is 34.7 Å². The molecule has 0 radical (unpaired) electrons. The maximum absolute atomic E-state index is 13.8. The number of nitrogens with one attached hydrogen (secondary N) is 1. The number of Topliss-reactive ketones (excluding diaryl/α,β-unsaturated/α-hetero) is 1. The van der Waals surface area contributed by atoms with Crippen LogP contribution in [0.15, 0.2) is 62.3 Å². The number of hydrogen-bond acceptors (Lipinski definition) is 9. The van der Waals surface area contributed by atoms with Gasteiger partial charge in [-0.3, -0.25) is 14.4 Å². The number of rotatable bonds is 7.